The van der Waals surface area contributed by atoms with Gasteiger partial charge in [-0.05, 0) is 13.0 Å². The third-order valence-corrected chi connectivity index (χ3v) is 2.66. The Kier molecular flexibility index (Phi) is 5.40. The van der Waals surface area contributed by atoms with Gasteiger partial charge in [0.1, 0.15) is 11.5 Å². The topological polar surface area (TPSA) is 71.0 Å². The van der Waals surface area contributed by atoms with Gasteiger partial charge in [-0.1, -0.05) is 6.07 Å². The first-order chi connectivity index (χ1) is 8.52. The summed E-state index contributed by atoms with van der Waals surface area (Å²) < 4.78 is 10.4. The van der Waals surface area contributed by atoms with Crippen molar-refractivity contribution in [3.8, 4) is 11.5 Å². The van der Waals surface area contributed by atoms with Gasteiger partial charge in [0.05, 0.1) is 26.4 Å². The van der Waals surface area contributed by atoms with Crippen molar-refractivity contribution < 1.29 is 19.7 Å². The molecule has 18 heavy (non-hydrogen) atoms. The van der Waals surface area contributed by atoms with Gasteiger partial charge in [0.25, 0.3) is 0 Å². The standard InChI is InChI=1S/C13H21NO4/c1-13(16,9-15)8-14-7-10-4-5-11(17-2)6-12(10)18-3/h4-6,14-16H,7-9H2,1-3H3. The molecule has 0 bridgehead atoms. The van der Waals surface area contributed by atoms with Gasteiger partial charge in [0.15, 0.2) is 0 Å². The average molecular weight is 255 g/mol. The second-order valence-corrected chi connectivity index (χ2v) is 4.44. The summed E-state index contributed by atoms with van der Waals surface area (Å²) in [5, 5.41) is 21.6. The van der Waals surface area contributed by atoms with E-state index in [1.165, 1.54) is 0 Å². The fraction of sp³-hybridized carbons (Fsp3) is 0.538. The van der Waals surface area contributed by atoms with Crippen molar-refractivity contribution in [2.45, 2.75) is 19.1 Å². The number of aliphatic hydroxyl groups excluding tert-OH is 1. The first-order valence-electron chi connectivity index (χ1n) is 5.77. The highest BCUT2D eigenvalue weighted by Gasteiger charge is 2.18. The van der Waals surface area contributed by atoms with Gasteiger partial charge in [-0.3, -0.25) is 0 Å². The van der Waals surface area contributed by atoms with Crippen LogP contribution < -0.4 is 14.8 Å². The van der Waals surface area contributed by atoms with Crippen LogP contribution in [-0.4, -0.2) is 43.2 Å². The molecule has 0 fully saturated rings. The van der Waals surface area contributed by atoms with E-state index in [1.54, 1.807) is 27.2 Å². The largest absolute Gasteiger partial charge is 0.497 e. The fourth-order valence-electron chi connectivity index (χ4n) is 1.52. The van der Waals surface area contributed by atoms with E-state index in [1.807, 2.05) is 12.1 Å². The Morgan fingerprint density at radius 2 is 2.00 bits per heavy atom. The smallest absolute Gasteiger partial charge is 0.127 e. The third-order valence-electron chi connectivity index (χ3n) is 2.66. The van der Waals surface area contributed by atoms with Gasteiger partial charge < -0.3 is 25.0 Å². The number of rotatable bonds is 7. The maximum atomic E-state index is 9.65. The van der Waals surface area contributed by atoms with Crippen LogP contribution in [0.2, 0.25) is 0 Å². The van der Waals surface area contributed by atoms with Crippen LogP contribution >= 0.6 is 0 Å². The van der Waals surface area contributed by atoms with Crippen LogP contribution in [0.25, 0.3) is 0 Å². The number of methoxy groups -OCH3 is 2. The summed E-state index contributed by atoms with van der Waals surface area (Å²) in [4.78, 5) is 0. The van der Waals surface area contributed by atoms with Gasteiger partial charge in [-0.25, -0.2) is 0 Å². The predicted molar refractivity (Wildman–Crippen MR) is 69.0 cm³/mol. The van der Waals surface area contributed by atoms with E-state index in [9.17, 15) is 5.11 Å². The zero-order valence-corrected chi connectivity index (χ0v) is 11.1. The van der Waals surface area contributed by atoms with Gasteiger partial charge in [-0.2, -0.15) is 0 Å². The molecule has 1 aromatic rings. The summed E-state index contributed by atoms with van der Waals surface area (Å²) in [5.41, 5.74) is -0.147. The van der Waals surface area contributed by atoms with E-state index < -0.39 is 5.60 Å². The monoisotopic (exact) mass is 255 g/mol. The molecule has 0 aliphatic rings. The van der Waals surface area contributed by atoms with Gasteiger partial charge >= 0.3 is 0 Å². The summed E-state index contributed by atoms with van der Waals surface area (Å²) in [6, 6.07) is 5.56. The van der Waals surface area contributed by atoms with Crippen molar-refractivity contribution >= 4 is 0 Å². The number of ether oxygens (including phenoxy) is 2. The molecule has 0 aliphatic heterocycles. The minimum absolute atomic E-state index is 0.278. The van der Waals surface area contributed by atoms with Crippen LogP contribution in [0.1, 0.15) is 12.5 Å². The van der Waals surface area contributed by atoms with Crippen molar-refractivity contribution in [1.82, 2.24) is 5.32 Å². The van der Waals surface area contributed by atoms with Gasteiger partial charge in [0.2, 0.25) is 0 Å². The predicted octanol–water partition coefficient (Wildman–Crippen LogP) is 0.537. The summed E-state index contributed by atoms with van der Waals surface area (Å²) in [5.74, 6) is 1.46. The molecule has 0 radical (unpaired) electrons. The molecule has 102 valence electrons. The Balaban J connectivity index is 2.62. The van der Waals surface area contributed by atoms with E-state index in [4.69, 9.17) is 14.6 Å². The number of hydrogen-bond acceptors (Lipinski definition) is 5. The molecule has 0 saturated carbocycles. The third kappa shape index (κ3) is 4.18. The highest BCUT2D eigenvalue weighted by molar-refractivity contribution is 5.40. The molecule has 1 unspecified atom stereocenters. The van der Waals surface area contributed by atoms with Crippen molar-refractivity contribution in [1.29, 1.82) is 0 Å². The number of hydrogen-bond donors (Lipinski definition) is 3. The van der Waals surface area contributed by atoms with E-state index in [-0.39, 0.29) is 6.61 Å². The number of aliphatic hydroxyl groups is 2. The zero-order valence-electron chi connectivity index (χ0n) is 11.1. The molecule has 1 aromatic carbocycles. The molecule has 0 aliphatic carbocycles. The molecule has 0 heterocycles. The minimum Gasteiger partial charge on any atom is -0.497 e. The summed E-state index contributed by atoms with van der Waals surface area (Å²) in [6.07, 6.45) is 0. The summed E-state index contributed by atoms with van der Waals surface area (Å²) in [6.45, 7) is 2.15. The molecule has 0 spiro atoms. The average Bonchev–Trinajstić information content (AvgIpc) is 2.38. The van der Waals surface area contributed by atoms with Gasteiger partial charge in [-0.15, -0.1) is 0 Å². The summed E-state index contributed by atoms with van der Waals surface area (Å²) >= 11 is 0. The van der Waals surface area contributed by atoms with E-state index in [2.05, 4.69) is 5.32 Å². The Bertz CT molecular complexity index is 379. The lowest BCUT2D eigenvalue weighted by molar-refractivity contribution is 0.00251. The van der Waals surface area contributed by atoms with Crippen LogP contribution in [0.3, 0.4) is 0 Å². The van der Waals surface area contributed by atoms with Crippen molar-refractivity contribution in [2.24, 2.45) is 0 Å². The molecule has 0 amide bonds. The first-order valence-corrected chi connectivity index (χ1v) is 5.77. The number of benzene rings is 1. The second-order valence-electron chi connectivity index (χ2n) is 4.44. The maximum absolute atomic E-state index is 9.65. The highest BCUT2D eigenvalue weighted by atomic mass is 16.5. The molecule has 0 aromatic heterocycles. The van der Waals surface area contributed by atoms with Crippen molar-refractivity contribution in [3.05, 3.63) is 23.8 Å². The van der Waals surface area contributed by atoms with Crippen molar-refractivity contribution in [3.63, 3.8) is 0 Å². The Morgan fingerprint density at radius 3 is 2.56 bits per heavy atom. The first kappa shape index (κ1) is 14.8. The van der Waals surface area contributed by atoms with E-state index in [0.29, 0.717) is 13.1 Å². The molecule has 1 atom stereocenters. The normalized spacial score (nSPS) is 14.1. The second kappa shape index (κ2) is 6.58. The lowest BCUT2D eigenvalue weighted by atomic mass is 10.1. The lowest BCUT2D eigenvalue weighted by Crippen LogP contribution is -2.40. The number of nitrogens with one attached hydrogen (secondary N) is 1. The summed E-state index contributed by atoms with van der Waals surface area (Å²) in [7, 11) is 3.20. The van der Waals surface area contributed by atoms with Crippen LogP contribution in [0.5, 0.6) is 11.5 Å². The molecule has 1 rings (SSSR count). The quantitative estimate of drug-likeness (QED) is 0.663. The van der Waals surface area contributed by atoms with E-state index in [0.717, 1.165) is 17.1 Å². The van der Waals surface area contributed by atoms with Crippen LogP contribution in [0.4, 0.5) is 0 Å². The molecule has 3 N–H and O–H groups in total. The van der Waals surface area contributed by atoms with Gasteiger partial charge in [0, 0.05) is 24.7 Å². The van der Waals surface area contributed by atoms with Crippen LogP contribution in [-0.2, 0) is 6.54 Å². The van der Waals surface area contributed by atoms with Crippen molar-refractivity contribution in [2.75, 3.05) is 27.4 Å². The molecular weight excluding hydrogens is 234 g/mol. The van der Waals surface area contributed by atoms with Crippen LogP contribution in [0.15, 0.2) is 18.2 Å². The molecular formula is C13H21NO4. The lowest BCUT2D eigenvalue weighted by Gasteiger charge is -2.21. The highest BCUT2D eigenvalue weighted by Crippen LogP contribution is 2.24. The zero-order chi connectivity index (χ0) is 13.6. The van der Waals surface area contributed by atoms with Crippen LogP contribution in [0, 0.1) is 0 Å². The molecule has 0 saturated heterocycles. The maximum Gasteiger partial charge on any atom is 0.127 e. The minimum atomic E-state index is -1.11. The van der Waals surface area contributed by atoms with E-state index >= 15 is 0 Å². The molecule has 5 nitrogen and oxygen atoms in total. The Labute approximate surface area is 107 Å². The Hall–Kier alpha value is -1.30. The molecule has 5 heteroatoms. The fourth-order valence-corrected chi connectivity index (χ4v) is 1.52. The Morgan fingerprint density at radius 1 is 1.28 bits per heavy atom. The SMILES string of the molecule is COc1ccc(CNCC(C)(O)CO)c(OC)c1.